The van der Waals surface area contributed by atoms with E-state index in [-0.39, 0.29) is 95.7 Å². The van der Waals surface area contributed by atoms with Crippen molar-refractivity contribution >= 4 is 107 Å². The van der Waals surface area contributed by atoms with Crippen LogP contribution in [0.4, 0.5) is 9.59 Å². The molecule has 1 saturated carbocycles. The number of ketones is 1. The first-order chi connectivity index (χ1) is 50.2. The lowest BCUT2D eigenvalue weighted by atomic mass is 9.75. The number of rotatable bonds is 27. The summed E-state index contributed by atoms with van der Waals surface area (Å²) in [5, 5.41) is 59.9. The number of nitrogens with zero attached hydrogens (tertiary/aromatic N) is 2. The minimum Gasteiger partial charge on any atom is -0.492 e. The lowest BCUT2D eigenvalue weighted by Crippen LogP contribution is -2.65. The van der Waals surface area contributed by atoms with Crippen LogP contribution in [0.3, 0.4) is 0 Å². The number of aliphatic hydroxyl groups excluding tert-OH is 4. The average molecular weight is 1660 g/mol. The number of nitrogens with one attached hydrogen (secondary N) is 2. The Morgan fingerprint density at radius 2 is 1.53 bits per heavy atom. The molecule has 7 N–H and O–H groups in total. The zero-order valence-corrected chi connectivity index (χ0v) is 65.0. The van der Waals surface area contributed by atoms with Crippen LogP contribution in [-0.4, -0.2) is 265 Å². The predicted molar refractivity (Wildman–Crippen MR) is 387 cm³/mol. The maximum atomic E-state index is 14.6. The highest BCUT2D eigenvalue weighted by Gasteiger charge is 2.53. The fraction of sp³-hybridized carbons (Fsp3) is 0.638. The number of alkyl carbamates (subject to hydrolysis) is 1. The largest absolute Gasteiger partial charge is 0.492 e. The van der Waals surface area contributed by atoms with Crippen LogP contribution in [0.5, 0.6) is 17.2 Å². The Bertz CT molecular complexity index is 3570. The Kier molecular flexibility index (Phi) is 30.6. The van der Waals surface area contributed by atoms with Gasteiger partial charge in [-0.05, 0) is 123 Å². The number of amides is 4. The van der Waals surface area contributed by atoms with E-state index in [0.29, 0.717) is 34.8 Å². The van der Waals surface area contributed by atoms with Gasteiger partial charge in [-0.25, -0.2) is 9.59 Å². The number of carbonyl (C=O) groups excluding carboxylic acids is 7. The Balaban J connectivity index is 0.919. The molecule has 9 rings (SSSR count). The van der Waals surface area contributed by atoms with Gasteiger partial charge < -0.3 is 96.7 Å². The van der Waals surface area contributed by atoms with Gasteiger partial charge in [0.25, 0.3) is 11.8 Å². The number of imide groups is 1. The first-order valence-corrected chi connectivity index (χ1v) is 39.9. The monoisotopic (exact) mass is 1660 g/mol. The first kappa shape index (κ1) is 83.8. The molecular weight excluding hydrogens is 1570 g/mol. The summed E-state index contributed by atoms with van der Waals surface area (Å²) in [5.41, 5.74) is 0.888. The number of aliphatic hydroxyl groups is 5. The Morgan fingerprint density at radius 3 is 2.19 bits per heavy atom. The van der Waals surface area contributed by atoms with Crippen molar-refractivity contribution in [2.24, 2.45) is 11.8 Å². The number of halogens is 1. The molecule has 1 unspecified atom stereocenters. The second-order valence-electron chi connectivity index (χ2n) is 25.6. The highest BCUT2D eigenvalue weighted by molar-refractivity contribution is 14.1. The van der Waals surface area contributed by atoms with Crippen molar-refractivity contribution in [3.8, 4) is 40.9 Å². The second kappa shape index (κ2) is 38.4. The molecule has 4 amide bonds. The summed E-state index contributed by atoms with van der Waals surface area (Å²) < 4.78 is 84.1. The van der Waals surface area contributed by atoms with E-state index in [0.717, 1.165) is 18.9 Å². The number of thioether (sulfide) groups is 1. The quantitative estimate of drug-likeness (QED) is 0.00944. The van der Waals surface area contributed by atoms with Crippen LogP contribution < -0.4 is 25.0 Å². The number of Topliss-reactive ketones (excluding diaryl/α,β-unsaturated/α-hetero) is 1. The fourth-order valence-electron chi connectivity index (χ4n) is 13.6. The number of methoxy groups -OCH3 is 5. The number of hydrogen-bond acceptors (Lipinski definition) is 32. The normalized spacial score (nSPS) is 33.9. The lowest BCUT2D eigenvalue weighted by molar-refractivity contribution is -0.337. The van der Waals surface area contributed by atoms with Crippen LogP contribution in [0.25, 0.3) is 0 Å². The summed E-state index contributed by atoms with van der Waals surface area (Å²) in [6.07, 6.45) is -10.7. The lowest BCUT2D eigenvalue weighted by Gasteiger charge is -2.47. The molecule has 0 spiro atoms. The Hall–Kier alpha value is -5.28. The molecule has 4 saturated heterocycles. The van der Waals surface area contributed by atoms with Gasteiger partial charge in [0.2, 0.25) is 23.9 Å². The average Bonchev–Trinajstić information content (AvgIpc) is 1.12. The number of ether oxygens (including phenoxy) is 14. The van der Waals surface area contributed by atoms with Crippen LogP contribution in [0.1, 0.15) is 88.6 Å². The molecule has 1 aromatic rings. The molecule has 5 heterocycles. The molecule has 0 radical (unpaired) electrons. The van der Waals surface area contributed by atoms with Crippen LogP contribution in [0.2, 0.25) is 0 Å². The van der Waals surface area contributed by atoms with Crippen molar-refractivity contribution in [1.82, 2.24) is 20.6 Å². The molecule has 3 aliphatic carbocycles. The van der Waals surface area contributed by atoms with Crippen molar-refractivity contribution in [2.75, 3.05) is 74.0 Å². The molecule has 36 heteroatoms. The van der Waals surface area contributed by atoms with Crippen LogP contribution >= 0.6 is 65.8 Å². The highest BCUT2D eigenvalue weighted by Crippen LogP contribution is 2.49. The van der Waals surface area contributed by atoms with Gasteiger partial charge in [0.15, 0.2) is 41.8 Å². The number of benzene rings is 1. The van der Waals surface area contributed by atoms with Crippen molar-refractivity contribution in [1.29, 1.82) is 0 Å². The van der Waals surface area contributed by atoms with Gasteiger partial charge >= 0.3 is 18.2 Å². The van der Waals surface area contributed by atoms with Gasteiger partial charge in [-0.15, -0.1) is 0 Å². The predicted octanol–water partition coefficient (Wildman–Crippen LogP) is 4.28. The van der Waals surface area contributed by atoms with Crippen LogP contribution in [0, 0.1) is 46.0 Å². The van der Waals surface area contributed by atoms with Gasteiger partial charge in [0.1, 0.15) is 36.6 Å². The molecule has 5 aliphatic heterocycles. The minimum atomic E-state index is -2.14. The summed E-state index contributed by atoms with van der Waals surface area (Å²) in [6.45, 7) is 7.61. The zero-order valence-electron chi connectivity index (χ0n) is 59.5. The maximum Gasteiger partial charge on any atom is 0.413 e. The number of hydrogen-bond donors (Lipinski definition) is 7. The molecule has 105 heavy (non-hydrogen) atoms. The number of esters is 1. The van der Waals surface area contributed by atoms with E-state index in [2.05, 4.69) is 34.5 Å². The summed E-state index contributed by atoms with van der Waals surface area (Å²) in [4.78, 5) is 102. The Labute approximate surface area is 637 Å². The van der Waals surface area contributed by atoms with Crippen molar-refractivity contribution in [3.05, 3.63) is 61.9 Å². The summed E-state index contributed by atoms with van der Waals surface area (Å²) >= 11 is 2.77. The number of hydroxylamine groups is 1. The highest BCUT2D eigenvalue weighted by atomic mass is 127. The Morgan fingerprint density at radius 1 is 0.829 bits per heavy atom. The molecule has 1 aromatic carbocycles. The van der Waals surface area contributed by atoms with Gasteiger partial charge in [0, 0.05) is 69.2 Å². The van der Waals surface area contributed by atoms with E-state index >= 15 is 0 Å². The van der Waals surface area contributed by atoms with Crippen molar-refractivity contribution in [2.45, 2.75) is 195 Å². The first-order valence-electron chi connectivity index (χ1n) is 33.8. The smallest absolute Gasteiger partial charge is 0.413 e. The van der Waals surface area contributed by atoms with E-state index in [1.807, 2.05) is 28.8 Å². The van der Waals surface area contributed by atoms with Crippen LogP contribution in [0.15, 0.2) is 47.2 Å². The molecule has 578 valence electrons. The SMILES string of the molecule is CCN(C(=O)OCOC(=O)C1CCC(CN2C(=O)C=CC2=O)CC1)[C@H]1CO[C@@H](O[C@H]2C(O[C@H]3C#C/C=C\C#C[C@@]4(O)CC(=O)C(NC(=O)OC)=C3/C4=C\CSSSC)O[C@H](C)[C@@H](NO[C@H]3C[C@H](O)[C@H](SC(=O)c4c(C)c(I)c(O[C@@H]5O[C@@H](C)[C@H](O)[C@@H](OC)[C@H]5O)c(OC)c4OC)[C@@H](C)O3)[C@@H]2O)C[C@@H]1OC. The molecule has 8 aliphatic rings. The van der Waals surface area contributed by atoms with Gasteiger partial charge in [0.05, 0.1) is 103 Å². The number of allylic oxidation sites excluding steroid dienone is 3. The van der Waals surface area contributed by atoms with Crippen LogP contribution in [-0.2, 0) is 76.1 Å². The second-order valence-corrected chi connectivity index (χ2v) is 32.2. The van der Waals surface area contributed by atoms with E-state index in [9.17, 15) is 59.1 Å². The molecule has 2 bridgehead atoms. The third-order valence-corrected chi connectivity index (χ3v) is 25.6. The number of carbonyl (C=O) groups is 7. The van der Waals surface area contributed by atoms with Gasteiger partial charge in [-0.1, -0.05) is 63.1 Å². The van der Waals surface area contributed by atoms with Gasteiger partial charge in [-0.3, -0.25) is 39.0 Å². The minimum absolute atomic E-state index is 0.00151. The molecule has 0 aromatic heterocycles. The van der Waals surface area contributed by atoms with E-state index in [1.54, 1.807) is 40.7 Å². The molecule has 31 nitrogen and oxygen atoms in total. The zero-order chi connectivity index (χ0) is 76.1. The number of likely N-dealkylation sites (N-methyl/N-ethyl adjacent to an activating group) is 1. The summed E-state index contributed by atoms with van der Waals surface area (Å²) in [5.74, 6) is 9.25. The topological polar surface area (TPSA) is 390 Å². The fourth-order valence-corrected chi connectivity index (χ4v) is 17.8. The molecular formula is C69H89IN4O27S4. The molecule has 5 fully saturated rings. The number of fused-ring (bicyclic) bond motifs is 2. The standard InChI is InChI=1S/C69H89IN4O27S4/c1-12-73(68(85)94-32-93-63(82)38-20-18-37(19-21-38)30-74-45(77)22-23-46(74)78)40-31-92-47(28-44(40)87-6)99-60-55(80)52(34(3)96-66(60)98-43-17-15-13-14-16-25-69(86)29-42(76)53(71-67(84)91-10)50(43)39(69)24-26-103-105-102-11)72-101-48-27-41(75)62(36(5)95-48)104-64(83)49-33(2)51(70)58(61(90-9)57(49)88-7)100-65-56(81)59(89-8)54(79)35(4)97-65/h13-14,22-24,34-38,40-41,43-44,47-48,52,54-56,59-60,62,65-66,72,75,79-81,86H,12,18-21,26-32H2,1-11H3,(H,71,84)/b14-13-,39-24+/t34-,35+,36-,37?,38?,40+,41+,43+,44+,47+,48+,52-,54+,55+,56-,59-,60-,62-,65+,66?,69-/m1/s1. The van der Waals surface area contributed by atoms with Gasteiger partial charge in [-0.2, -0.15) is 5.48 Å². The summed E-state index contributed by atoms with van der Waals surface area (Å²) in [6, 6.07) is -2.04. The van der Waals surface area contributed by atoms with Crippen molar-refractivity contribution < 1.29 is 130 Å². The van der Waals surface area contributed by atoms with Crippen molar-refractivity contribution in [3.63, 3.8) is 0 Å². The third kappa shape index (κ3) is 19.7. The van der Waals surface area contributed by atoms with E-state index in [4.69, 9.17) is 71.2 Å². The third-order valence-electron chi connectivity index (χ3n) is 19.2. The van der Waals surface area contributed by atoms with E-state index in [1.165, 1.54) is 94.0 Å². The maximum absolute atomic E-state index is 14.6. The summed E-state index contributed by atoms with van der Waals surface area (Å²) in [7, 11) is 10.9. The van der Waals surface area contributed by atoms with E-state index < -0.39 is 163 Å². The molecule has 19 atom stereocenters.